The van der Waals surface area contributed by atoms with Crippen LogP contribution in [0, 0.1) is 0 Å². The molecule has 0 unspecified atom stereocenters. The molecule has 2 aromatic carbocycles. The van der Waals surface area contributed by atoms with Crippen molar-refractivity contribution in [1.82, 2.24) is 16.1 Å². The fraction of sp³-hybridized carbons (Fsp3) is 0.207. The van der Waals surface area contributed by atoms with Gasteiger partial charge in [0.25, 0.3) is 11.8 Å². The maximum absolute atomic E-state index is 12.7. The second kappa shape index (κ2) is 14.7. The van der Waals surface area contributed by atoms with Crippen LogP contribution in [0.15, 0.2) is 71.1 Å². The number of aromatic hydroxyl groups is 1. The smallest absolute Gasteiger partial charge is 0.281 e. The number of carbonyl (C=O) groups is 2. The molecule has 0 fully saturated rings. The molecule has 2 amide bonds. The summed E-state index contributed by atoms with van der Waals surface area (Å²) in [5.41, 5.74) is 6.85. The van der Waals surface area contributed by atoms with Crippen molar-refractivity contribution in [3.05, 3.63) is 92.5 Å². The molecule has 4 aromatic rings. The van der Waals surface area contributed by atoms with Gasteiger partial charge in [0.1, 0.15) is 13.6 Å². The monoisotopic (exact) mass is 588 g/mol. The molecule has 2 heterocycles. The number of benzene rings is 2. The van der Waals surface area contributed by atoms with E-state index >= 15 is 0 Å². The normalized spacial score (nSPS) is 11.4. The van der Waals surface area contributed by atoms with Crippen LogP contribution < -0.4 is 21.5 Å². The average Bonchev–Trinajstić information content (AvgIpc) is 3.63. The van der Waals surface area contributed by atoms with E-state index in [1.807, 2.05) is 36.4 Å². The first-order valence-corrected chi connectivity index (χ1v) is 14.4. The van der Waals surface area contributed by atoms with Crippen molar-refractivity contribution in [3.63, 3.8) is 0 Å². The van der Waals surface area contributed by atoms with Crippen molar-refractivity contribution in [2.75, 3.05) is 19.9 Å². The lowest BCUT2D eigenvalue weighted by Gasteiger charge is -2.07. The lowest BCUT2D eigenvalue weighted by Crippen LogP contribution is -2.22. The molecular weight excluding hydrogens is 559 g/mol. The third-order valence-electron chi connectivity index (χ3n) is 5.94. The maximum Gasteiger partial charge on any atom is 0.281 e. The van der Waals surface area contributed by atoms with Crippen LogP contribution in [0.5, 0.6) is 5.75 Å². The largest absolute Gasteiger partial charge is 0.506 e. The summed E-state index contributed by atoms with van der Waals surface area (Å²) < 4.78 is 5.47. The Balaban J connectivity index is 1.27. The number of nitrogens with zero attached hydrogens (tertiary/aromatic N) is 1. The number of ether oxygens (including phenoxy) is 1. The predicted octanol–water partition coefficient (Wildman–Crippen LogP) is 3.12. The van der Waals surface area contributed by atoms with Gasteiger partial charge in [-0.05, 0) is 35.7 Å². The topological polar surface area (TPSA) is 132 Å². The third-order valence-corrected chi connectivity index (χ3v) is 8.04. The molecule has 0 saturated heterocycles. The van der Waals surface area contributed by atoms with Crippen LogP contribution in [0.4, 0.5) is 0 Å². The summed E-state index contributed by atoms with van der Waals surface area (Å²) in [6.07, 6.45) is 0. The van der Waals surface area contributed by atoms with Crippen LogP contribution in [0.3, 0.4) is 0 Å². The molecule has 2 aromatic heterocycles. The number of hydrogen-bond donors (Lipinski definition) is 5. The molecule has 0 spiro atoms. The highest BCUT2D eigenvalue weighted by atomic mass is 32.1. The van der Waals surface area contributed by atoms with Crippen LogP contribution in [-0.2, 0) is 17.9 Å². The number of hydrazone groups is 1. The van der Waals surface area contributed by atoms with Crippen LogP contribution in [-0.4, -0.2) is 55.5 Å². The van der Waals surface area contributed by atoms with Gasteiger partial charge in [0.05, 0.1) is 45.9 Å². The van der Waals surface area contributed by atoms with E-state index in [4.69, 9.17) is 17.7 Å². The van der Waals surface area contributed by atoms with E-state index in [0.717, 1.165) is 28.0 Å². The average molecular weight is 589 g/mol. The Morgan fingerprint density at radius 3 is 2.37 bits per heavy atom. The van der Waals surface area contributed by atoms with Crippen molar-refractivity contribution in [1.29, 1.82) is 0 Å². The second-order valence-electron chi connectivity index (χ2n) is 8.97. The molecule has 9 nitrogen and oxygen atoms in total. The minimum absolute atomic E-state index is 0.0634. The molecule has 4 rings (SSSR count). The highest BCUT2D eigenvalue weighted by Crippen LogP contribution is 2.38. The Morgan fingerprint density at radius 1 is 0.976 bits per heavy atom. The molecule has 0 atom stereocenters. The molecule has 0 aliphatic heterocycles. The Morgan fingerprint density at radius 2 is 1.66 bits per heavy atom. The summed E-state index contributed by atoms with van der Waals surface area (Å²) in [6, 6.07) is 18.1. The van der Waals surface area contributed by atoms with E-state index in [1.54, 1.807) is 36.6 Å². The quantitative estimate of drug-likeness (QED) is 0.0536. The number of aliphatic hydroxyl groups excluding tert-OH is 1. The second-order valence-corrected chi connectivity index (χ2v) is 10.9. The van der Waals surface area contributed by atoms with Gasteiger partial charge in [0.2, 0.25) is 0 Å². The van der Waals surface area contributed by atoms with E-state index in [0.29, 0.717) is 57.8 Å². The zero-order chi connectivity index (χ0) is 29.2. The first kappa shape index (κ1) is 30.2. The lowest BCUT2D eigenvalue weighted by atomic mass is 9.95. The van der Waals surface area contributed by atoms with Crippen molar-refractivity contribution in [2.45, 2.75) is 20.1 Å². The van der Waals surface area contributed by atoms with Crippen LogP contribution >= 0.6 is 22.7 Å². The number of carbonyl (C=O) groups excluding carboxylic acids is 2. The molecule has 41 heavy (non-hydrogen) atoms. The van der Waals surface area contributed by atoms with Crippen molar-refractivity contribution in [3.8, 4) is 16.2 Å². The SMILES string of the molecule is [B]c1ccc(-c2scc(/C(C)=N/NC(=O)c3ccc(C(=O)NCc4ccc(COCNCCO)cc4)s3)c2O)cc1. The first-order chi connectivity index (χ1) is 19.9. The van der Waals surface area contributed by atoms with Gasteiger partial charge >= 0.3 is 0 Å². The zero-order valence-corrected chi connectivity index (χ0v) is 24.0. The number of thiophene rings is 2. The standard InChI is InChI=1S/C29H29BN4O5S2/c1-18(23-16-40-27(26(23)36)21-6-8-22(30)9-7-21)33-34-29(38)25-11-10-24(41-25)28(37)32-14-19-2-4-20(5-3-19)15-39-17-31-12-13-35/h2-11,16,31,35-36H,12-15,17H2,1H3,(H,32,37)(H,34,38)/b33-18+. The number of aliphatic hydroxyl groups is 1. The van der Waals surface area contributed by atoms with Crippen molar-refractivity contribution < 1.29 is 24.5 Å². The summed E-state index contributed by atoms with van der Waals surface area (Å²) in [5.74, 6) is -0.652. The lowest BCUT2D eigenvalue weighted by molar-refractivity contribution is 0.0950. The van der Waals surface area contributed by atoms with E-state index in [9.17, 15) is 14.7 Å². The van der Waals surface area contributed by atoms with Crippen molar-refractivity contribution >= 4 is 53.5 Å². The number of nitrogens with one attached hydrogen (secondary N) is 3. The maximum atomic E-state index is 12.7. The molecule has 0 bridgehead atoms. The molecule has 12 heteroatoms. The zero-order valence-electron chi connectivity index (χ0n) is 22.3. The number of hydrogen-bond acceptors (Lipinski definition) is 9. The van der Waals surface area contributed by atoms with Gasteiger partial charge in [-0.25, -0.2) is 5.43 Å². The molecular formula is C29H29BN4O5S2. The number of rotatable bonds is 13. The Kier molecular flexibility index (Phi) is 10.8. The Hall–Kier alpha value is -3.81. The van der Waals surface area contributed by atoms with Gasteiger partial charge in [-0.1, -0.05) is 54.0 Å². The first-order valence-electron chi connectivity index (χ1n) is 12.7. The van der Waals surface area contributed by atoms with Crippen LogP contribution in [0.2, 0.25) is 0 Å². The Labute approximate surface area is 247 Å². The van der Waals surface area contributed by atoms with E-state index in [-0.39, 0.29) is 18.3 Å². The highest BCUT2D eigenvalue weighted by Gasteiger charge is 2.16. The highest BCUT2D eigenvalue weighted by molar-refractivity contribution is 7.16. The van der Waals surface area contributed by atoms with E-state index in [2.05, 4.69) is 21.2 Å². The molecule has 2 radical (unpaired) electrons. The summed E-state index contributed by atoms with van der Waals surface area (Å²) >= 11 is 2.43. The molecule has 5 N–H and O–H groups in total. The molecule has 210 valence electrons. The summed E-state index contributed by atoms with van der Waals surface area (Å²) in [5, 5.41) is 31.2. The minimum atomic E-state index is -0.453. The summed E-state index contributed by atoms with van der Waals surface area (Å²) in [4.78, 5) is 26.7. The summed E-state index contributed by atoms with van der Waals surface area (Å²) in [6.45, 7) is 3.37. The van der Waals surface area contributed by atoms with E-state index in [1.165, 1.54) is 11.3 Å². The van der Waals surface area contributed by atoms with E-state index < -0.39 is 5.91 Å². The molecule has 0 saturated carbocycles. The van der Waals surface area contributed by atoms with Gasteiger partial charge in [0.15, 0.2) is 0 Å². The fourth-order valence-electron chi connectivity index (χ4n) is 3.69. The van der Waals surface area contributed by atoms with Gasteiger partial charge in [-0.2, -0.15) is 5.10 Å². The molecule has 0 aliphatic rings. The Bertz CT molecular complexity index is 1500. The fourth-order valence-corrected chi connectivity index (χ4v) is 5.52. The van der Waals surface area contributed by atoms with Gasteiger partial charge < -0.3 is 20.3 Å². The minimum Gasteiger partial charge on any atom is -0.506 e. The van der Waals surface area contributed by atoms with Crippen LogP contribution in [0.25, 0.3) is 10.4 Å². The van der Waals surface area contributed by atoms with Gasteiger partial charge in [-0.15, -0.1) is 22.7 Å². The number of amides is 2. The predicted molar refractivity (Wildman–Crippen MR) is 163 cm³/mol. The molecule has 0 aliphatic carbocycles. The van der Waals surface area contributed by atoms with Gasteiger partial charge in [0, 0.05) is 18.5 Å². The summed E-state index contributed by atoms with van der Waals surface area (Å²) in [7, 11) is 5.75. The van der Waals surface area contributed by atoms with Crippen molar-refractivity contribution in [2.24, 2.45) is 5.10 Å². The van der Waals surface area contributed by atoms with Gasteiger partial charge in [-0.3, -0.25) is 14.9 Å². The van der Waals surface area contributed by atoms with Crippen LogP contribution in [0.1, 0.15) is 43.0 Å². The third kappa shape index (κ3) is 8.35.